The number of rotatable bonds is 2. The van der Waals surface area contributed by atoms with Gasteiger partial charge in [0.25, 0.3) is 0 Å². The molecule has 0 heterocycles. The molecule has 20 heavy (non-hydrogen) atoms. The molecule has 104 valence electrons. The Kier molecular flexibility index (Phi) is 3.84. The lowest BCUT2D eigenvalue weighted by Crippen LogP contribution is -1.85. The predicted octanol–water partition coefficient (Wildman–Crippen LogP) is 4.50. The molecular formula is C18H20O2. The van der Waals surface area contributed by atoms with Crippen molar-refractivity contribution in [3.63, 3.8) is 0 Å². The molecule has 2 aromatic rings. The molecule has 0 radical (unpaired) electrons. The first-order chi connectivity index (χ1) is 9.38. The van der Waals surface area contributed by atoms with Gasteiger partial charge in [-0.25, -0.2) is 0 Å². The number of hydrogen-bond donors (Lipinski definition) is 2. The number of hydrogen-bond acceptors (Lipinski definition) is 2. The van der Waals surface area contributed by atoms with Crippen LogP contribution in [0.4, 0.5) is 0 Å². The Morgan fingerprint density at radius 1 is 0.650 bits per heavy atom. The van der Waals surface area contributed by atoms with Crippen LogP contribution in [0.3, 0.4) is 0 Å². The number of aryl methyl sites for hydroxylation is 4. The molecule has 0 aliphatic rings. The summed E-state index contributed by atoms with van der Waals surface area (Å²) in [5.41, 5.74) is 5.44. The highest BCUT2D eigenvalue weighted by molar-refractivity contribution is 5.76. The third-order valence-corrected chi connectivity index (χ3v) is 3.39. The van der Waals surface area contributed by atoms with E-state index in [0.717, 1.165) is 33.4 Å². The first-order valence-corrected chi connectivity index (χ1v) is 6.67. The van der Waals surface area contributed by atoms with E-state index in [1.807, 2.05) is 64.1 Å². The molecule has 0 spiro atoms. The molecule has 0 atom stereocenters. The predicted molar refractivity (Wildman–Crippen MR) is 84.1 cm³/mol. The van der Waals surface area contributed by atoms with E-state index in [1.54, 1.807) is 0 Å². The second-order valence-corrected chi connectivity index (χ2v) is 5.37. The Morgan fingerprint density at radius 2 is 1.00 bits per heavy atom. The second kappa shape index (κ2) is 5.41. The fourth-order valence-corrected chi connectivity index (χ4v) is 2.42. The maximum absolute atomic E-state index is 10.1. The van der Waals surface area contributed by atoms with E-state index in [-0.39, 0.29) is 11.5 Å². The topological polar surface area (TPSA) is 40.5 Å². The van der Waals surface area contributed by atoms with Crippen molar-refractivity contribution >= 4 is 12.2 Å². The van der Waals surface area contributed by atoms with E-state index < -0.39 is 0 Å². The highest BCUT2D eigenvalue weighted by Gasteiger charge is 2.05. The largest absolute Gasteiger partial charge is 0.507 e. The van der Waals surface area contributed by atoms with Gasteiger partial charge in [0.05, 0.1) is 0 Å². The van der Waals surface area contributed by atoms with Crippen LogP contribution < -0.4 is 0 Å². The smallest absolute Gasteiger partial charge is 0.125 e. The van der Waals surface area contributed by atoms with Crippen molar-refractivity contribution in [3.8, 4) is 11.5 Å². The quantitative estimate of drug-likeness (QED) is 0.787. The van der Waals surface area contributed by atoms with Gasteiger partial charge in [-0.1, -0.05) is 35.4 Å². The van der Waals surface area contributed by atoms with Crippen molar-refractivity contribution < 1.29 is 10.2 Å². The normalized spacial score (nSPS) is 11.2. The lowest BCUT2D eigenvalue weighted by molar-refractivity contribution is 0.468. The minimum atomic E-state index is 0.288. The number of aromatic hydroxyl groups is 2. The van der Waals surface area contributed by atoms with Crippen LogP contribution in [0.2, 0.25) is 0 Å². The molecule has 0 saturated carbocycles. The summed E-state index contributed by atoms with van der Waals surface area (Å²) in [5, 5.41) is 20.1. The summed E-state index contributed by atoms with van der Waals surface area (Å²) < 4.78 is 0. The molecule has 2 heteroatoms. The van der Waals surface area contributed by atoms with E-state index in [4.69, 9.17) is 0 Å². The van der Waals surface area contributed by atoms with Crippen LogP contribution in [0.5, 0.6) is 11.5 Å². The Hall–Kier alpha value is -2.22. The molecule has 0 aliphatic carbocycles. The lowest BCUT2D eigenvalue weighted by atomic mass is 10.0. The fraction of sp³-hybridized carbons (Fsp3) is 0.222. The maximum atomic E-state index is 10.1. The van der Waals surface area contributed by atoms with Gasteiger partial charge in [-0.15, -0.1) is 0 Å². The molecule has 2 rings (SSSR count). The summed E-state index contributed by atoms with van der Waals surface area (Å²) >= 11 is 0. The van der Waals surface area contributed by atoms with Gasteiger partial charge < -0.3 is 10.2 Å². The molecule has 0 fully saturated rings. The van der Waals surface area contributed by atoms with Crippen LogP contribution in [0.15, 0.2) is 24.3 Å². The van der Waals surface area contributed by atoms with Crippen LogP contribution in [-0.4, -0.2) is 10.2 Å². The molecular weight excluding hydrogens is 248 g/mol. The Labute approximate surface area is 120 Å². The summed E-state index contributed by atoms with van der Waals surface area (Å²) in [6, 6.07) is 7.75. The molecule has 2 nitrogen and oxygen atoms in total. The molecule has 0 aliphatic heterocycles. The number of phenols is 2. The summed E-state index contributed by atoms with van der Waals surface area (Å²) in [7, 11) is 0. The zero-order chi connectivity index (χ0) is 14.9. The Bertz CT molecular complexity index is 623. The molecule has 2 N–H and O–H groups in total. The maximum Gasteiger partial charge on any atom is 0.125 e. The average Bonchev–Trinajstić information content (AvgIpc) is 2.37. The van der Waals surface area contributed by atoms with Crippen LogP contribution in [-0.2, 0) is 0 Å². The summed E-state index contributed by atoms with van der Waals surface area (Å²) in [6.45, 7) is 7.76. The lowest BCUT2D eigenvalue weighted by Gasteiger charge is -2.07. The van der Waals surface area contributed by atoms with E-state index >= 15 is 0 Å². The molecule has 0 amide bonds. The zero-order valence-electron chi connectivity index (χ0n) is 12.4. The van der Waals surface area contributed by atoms with Crippen molar-refractivity contribution in [1.29, 1.82) is 0 Å². The van der Waals surface area contributed by atoms with Gasteiger partial charge in [0.1, 0.15) is 11.5 Å². The Morgan fingerprint density at radius 3 is 1.35 bits per heavy atom. The summed E-state index contributed by atoms with van der Waals surface area (Å²) in [4.78, 5) is 0. The Balaban J connectivity index is 2.45. The van der Waals surface area contributed by atoms with Crippen LogP contribution in [0.1, 0.15) is 33.4 Å². The van der Waals surface area contributed by atoms with E-state index in [2.05, 4.69) is 0 Å². The van der Waals surface area contributed by atoms with Crippen LogP contribution in [0, 0.1) is 27.7 Å². The van der Waals surface area contributed by atoms with Gasteiger partial charge in [-0.05, 0) is 51.0 Å². The first kappa shape index (κ1) is 14.2. The van der Waals surface area contributed by atoms with Crippen LogP contribution >= 0.6 is 0 Å². The summed E-state index contributed by atoms with van der Waals surface area (Å²) in [5.74, 6) is 0.575. The highest BCUT2D eigenvalue weighted by atomic mass is 16.3. The molecule has 2 aromatic carbocycles. The number of benzene rings is 2. The minimum absolute atomic E-state index is 0.288. The van der Waals surface area contributed by atoms with Gasteiger partial charge in [0.15, 0.2) is 0 Å². The number of phenolic OH excluding ortho intramolecular Hbond substituents is 2. The SMILES string of the molecule is Cc1cc(C)c(O)c(/C=C/c2cc(C)cc(C)c2O)c1. The third-order valence-electron chi connectivity index (χ3n) is 3.39. The molecule has 0 bridgehead atoms. The first-order valence-electron chi connectivity index (χ1n) is 6.67. The monoisotopic (exact) mass is 268 g/mol. The van der Waals surface area contributed by atoms with Gasteiger partial charge >= 0.3 is 0 Å². The van der Waals surface area contributed by atoms with Crippen molar-refractivity contribution in [2.45, 2.75) is 27.7 Å². The van der Waals surface area contributed by atoms with E-state index in [1.165, 1.54) is 0 Å². The van der Waals surface area contributed by atoms with E-state index in [0.29, 0.717) is 0 Å². The molecule has 0 saturated heterocycles. The van der Waals surface area contributed by atoms with Crippen LogP contribution in [0.25, 0.3) is 12.2 Å². The zero-order valence-corrected chi connectivity index (χ0v) is 12.4. The summed E-state index contributed by atoms with van der Waals surface area (Å²) in [6.07, 6.45) is 3.67. The average molecular weight is 268 g/mol. The van der Waals surface area contributed by atoms with Crippen molar-refractivity contribution in [1.82, 2.24) is 0 Å². The van der Waals surface area contributed by atoms with E-state index in [9.17, 15) is 10.2 Å². The standard InChI is InChI=1S/C18H20O2/c1-11-7-13(3)17(19)15(9-11)5-6-16-10-12(2)8-14(4)18(16)20/h5-10,19-20H,1-4H3/b6-5+. The van der Waals surface area contributed by atoms with Crippen molar-refractivity contribution in [2.75, 3.05) is 0 Å². The van der Waals surface area contributed by atoms with Gasteiger partial charge in [-0.3, -0.25) is 0 Å². The molecule has 0 aromatic heterocycles. The second-order valence-electron chi connectivity index (χ2n) is 5.37. The van der Waals surface area contributed by atoms with Gasteiger partial charge in [0, 0.05) is 11.1 Å². The van der Waals surface area contributed by atoms with Gasteiger partial charge in [0.2, 0.25) is 0 Å². The van der Waals surface area contributed by atoms with Crippen molar-refractivity contribution in [2.24, 2.45) is 0 Å². The third kappa shape index (κ3) is 2.85. The van der Waals surface area contributed by atoms with Crippen molar-refractivity contribution in [3.05, 3.63) is 57.6 Å². The van der Waals surface area contributed by atoms with Gasteiger partial charge in [-0.2, -0.15) is 0 Å². The fourth-order valence-electron chi connectivity index (χ4n) is 2.42. The minimum Gasteiger partial charge on any atom is -0.507 e. The molecule has 0 unspecified atom stereocenters. The highest BCUT2D eigenvalue weighted by Crippen LogP contribution is 2.29.